The van der Waals surface area contributed by atoms with Gasteiger partial charge in [0.15, 0.2) is 0 Å². The van der Waals surface area contributed by atoms with E-state index in [4.69, 9.17) is 4.74 Å². The van der Waals surface area contributed by atoms with Crippen LogP contribution in [-0.2, 0) is 6.42 Å². The molecule has 0 aliphatic carbocycles. The van der Waals surface area contributed by atoms with E-state index in [0.29, 0.717) is 12.5 Å². The molecule has 220 valence electrons. The van der Waals surface area contributed by atoms with Crippen LogP contribution in [0.1, 0.15) is 81.5 Å². The number of carbonyl (C=O) groups is 1. The number of nitrogens with zero attached hydrogens (tertiary/aromatic N) is 2. The summed E-state index contributed by atoms with van der Waals surface area (Å²) in [6, 6.07) is 6.58. The number of hydrogen-bond donors (Lipinski definition) is 0. The molecule has 1 aromatic heterocycles. The fourth-order valence-electron chi connectivity index (χ4n) is 5.23. The number of fused-ring (bicyclic) bond motifs is 1. The van der Waals surface area contributed by atoms with E-state index in [1.165, 1.54) is 18.4 Å². The van der Waals surface area contributed by atoms with Crippen LogP contribution in [0.4, 0.5) is 0 Å². The minimum atomic E-state index is 0.144. The zero-order valence-corrected chi connectivity index (χ0v) is 25.5. The Balaban J connectivity index is 1.37. The summed E-state index contributed by atoms with van der Waals surface area (Å²) in [6.45, 7) is 3.31. The molecule has 0 bridgehead atoms. The van der Waals surface area contributed by atoms with Gasteiger partial charge >= 0.3 is 0 Å². The lowest BCUT2D eigenvalue weighted by molar-refractivity contribution is 0.0909. The molecule has 1 aliphatic heterocycles. The first-order valence-electron chi connectivity index (χ1n) is 15.4. The van der Waals surface area contributed by atoms with Crippen LogP contribution in [0.2, 0.25) is 0 Å². The smallest absolute Gasteiger partial charge is 0.231 e. The van der Waals surface area contributed by atoms with Crippen molar-refractivity contribution >= 4 is 16.8 Å². The SMILES string of the molecule is CC/C=C\C/C=C\C/C=C\C/C=C\C/C=C\C/C=C\CCC(=O)n1cc(C[C@H]2CCCN2C)c2cc(OC)ccc21. The molecule has 41 heavy (non-hydrogen) atoms. The maximum absolute atomic E-state index is 13.2. The van der Waals surface area contributed by atoms with Gasteiger partial charge in [-0.2, -0.15) is 0 Å². The number of benzene rings is 1. The Morgan fingerprint density at radius 2 is 1.46 bits per heavy atom. The topological polar surface area (TPSA) is 34.5 Å². The van der Waals surface area contributed by atoms with Crippen LogP contribution in [0, 0.1) is 0 Å². The third-order valence-electron chi connectivity index (χ3n) is 7.61. The summed E-state index contributed by atoms with van der Waals surface area (Å²) in [6.07, 6.45) is 39.1. The monoisotopic (exact) mass is 554 g/mol. The number of hydrogen-bond acceptors (Lipinski definition) is 3. The van der Waals surface area contributed by atoms with E-state index >= 15 is 0 Å². The minimum Gasteiger partial charge on any atom is -0.497 e. The Hall–Kier alpha value is -3.37. The lowest BCUT2D eigenvalue weighted by Crippen LogP contribution is -2.26. The van der Waals surface area contributed by atoms with Gasteiger partial charge in [0, 0.05) is 24.0 Å². The largest absolute Gasteiger partial charge is 0.497 e. The Morgan fingerprint density at radius 1 is 0.878 bits per heavy atom. The fraction of sp³-hybridized carbons (Fsp3) is 0.432. The molecule has 1 aromatic carbocycles. The number of rotatable bonds is 17. The first kappa shape index (κ1) is 32.1. The first-order chi connectivity index (χ1) is 20.1. The van der Waals surface area contributed by atoms with E-state index < -0.39 is 0 Å². The van der Waals surface area contributed by atoms with Gasteiger partial charge in [0.2, 0.25) is 5.91 Å². The molecular weight excluding hydrogens is 504 g/mol. The van der Waals surface area contributed by atoms with Gasteiger partial charge in [0.1, 0.15) is 5.75 Å². The molecule has 0 amide bonds. The van der Waals surface area contributed by atoms with Crippen LogP contribution >= 0.6 is 0 Å². The Kier molecular flexibility index (Phi) is 14.8. The predicted molar refractivity (Wildman–Crippen MR) is 176 cm³/mol. The fourth-order valence-corrected chi connectivity index (χ4v) is 5.23. The van der Waals surface area contributed by atoms with Crippen LogP contribution in [0.25, 0.3) is 10.9 Å². The molecule has 0 unspecified atom stereocenters. The summed E-state index contributed by atoms with van der Waals surface area (Å²) >= 11 is 0. The zero-order chi connectivity index (χ0) is 29.1. The van der Waals surface area contributed by atoms with Crippen molar-refractivity contribution < 1.29 is 9.53 Å². The summed E-state index contributed by atoms with van der Waals surface area (Å²) in [5.74, 6) is 0.979. The second-order valence-corrected chi connectivity index (χ2v) is 10.7. The van der Waals surface area contributed by atoms with E-state index in [1.807, 2.05) is 16.7 Å². The van der Waals surface area contributed by atoms with Crippen LogP contribution in [0.15, 0.2) is 97.3 Å². The molecule has 0 radical (unpaired) electrons. The summed E-state index contributed by atoms with van der Waals surface area (Å²) in [5.41, 5.74) is 2.22. The second kappa shape index (κ2) is 18.9. The van der Waals surface area contributed by atoms with E-state index in [1.54, 1.807) is 7.11 Å². The van der Waals surface area contributed by atoms with Crippen molar-refractivity contribution in [3.05, 3.63) is 103 Å². The van der Waals surface area contributed by atoms with Gasteiger partial charge in [-0.05, 0) is 102 Å². The van der Waals surface area contributed by atoms with Crippen molar-refractivity contribution in [3.8, 4) is 5.75 Å². The van der Waals surface area contributed by atoms with Gasteiger partial charge in [0.25, 0.3) is 0 Å². The lowest BCUT2D eigenvalue weighted by atomic mass is 10.0. The van der Waals surface area contributed by atoms with Crippen molar-refractivity contribution in [2.24, 2.45) is 0 Å². The number of methoxy groups -OCH3 is 1. The number of carbonyl (C=O) groups excluding carboxylic acids is 1. The van der Waals surface area contributed by atoms with Gasteiger partial charge in [-0.3, -0.25) is 9.36 Å². The summed E-state index contributed by atoms with van der Waals surface area (Å²) < 4.78 is 7.34. The van der Waals surface area contributed by atoms with Gasteiger partial charge in [-0.1, -0.05) is 79.8 Å². The molecular formula is C37H50N2O2. The van der Waals surface area contributed by atoms with E-state index in [2.05, 4.69) is 104 Å². The van der Waals surface area contributed by atoms with Gasteiger partial charge in [-0.25, -0.2) is 0 Å². The molecule has 1 fully saturated rings. The van der Waals surface area contributed by atoms with Crippen molar-refractivity contribution in [3.63, 3.8) is 0 Å². The highest BCUT2D eigenvalue weighted by Crippen LogP contribution is 2.30. The van der Waals surface area contributed by atoms with E-state index in [0.717, 1.165) is 74.6 Å². The van der Waals surface area contributed by atoms with Crippen LogP contribution in [-0.4, -0.2) is 42.1 Å². The lowest BCUT2D eigenvalue weighted by Gasteiger charge is -2.18. The highest BCUT2D eigenvalue weighted by Gasteiger charge is 2.23. The van der Waals surface area contributed by atoms with Crippen molar-refractivity contribution in [2.45, 2.75) is 83.6 Å². The summed E-state index contributed by atoms with van der Waals surface area (Å²) in [5, 5.41) is 1.13. The number of likely N-dealkylation sites (N-methyl/N-ethyl adjacent to an activating group) is 1. The molecule has 0 N–H and O–H groups in total. The number of likely N-dealkylation sites (tertiary alicyclic amines) is 1. The van der Waals surface area contributed by atoms with Gasteiger partial charge < -0.3 is 9.64 Å². The normalized spacial score (nSPS) is 16.9. The molecule has 1 saturated heterocycles. The average molecular weight is 555 g/mol. The predicted octanol–water partition coefficient (Wildman–Crippen LogP) is 9.40. The number of ether oxygens (including phenoxy) is 1. The second-order valence-electron chi connectivity index (χ2n) is 10.7. The van der Waals surface area contributed by atoms with Gasteiger partial charge in [0.05, 0.1) is 12.6 Å². The molecule has 2 heterocycles. The third kappa shape index (κ3) is 11.2. The van der Waals surface area contributed by atoms with Crippen molar-refractivity contribution in [1.82, 2.24) is 9.47 Å². The molecule has 4 heteroatoms. The van der Waals surface area contributed by atoms with Crippen LogP contribution in [0.3, 0.4) is 0 Å². The van der Waals surface area contributed by atoms with E-state index in [9.17, 15) is 4.79 Å². The molecule has 0 saturated carbocycles. The summed E-state index contributed by atoms with van der Waals surface area (Å²) in [4.78, 5) is 15.6. The molecule has 2 aromatic rings. The van der Waals surface area contributed by atoms with Gasteiger partial charge in [-0.15, -0.1) is 0 Å². The molecule has 4 nitrogen and oxygen atoms in total. The average Bonchev–Trinajstić information content (AvgIpc) is 3.56. The molecule has 3 rings (SSSR count). The van der Waals surface area contributed by atoms with E-state index in [-0.39, 0.29) is 5.91 Å². The molecule has 0 spiro atoms. The Bertz CT molecular complexity index is 1240. The summed E-state index contributed by atoms with van der Waals surface area (Å²) in [7, 11) is 3.90. The molecule has 1 atom stereocenters. The van der Waals surface area contributed by atoms with Crippen molar-refractivity contribution in [2.75, 3.05) is 20.7 Å². The third-order valence-corrected chi connectivity index (χ3v) is 7.61. The maximum Gasteiger partial charge on any atom is 0.231 e. The highest BCUT2D eigenvalue weighted by atomic mass is 16.5. The standard InChI is InChI=1S/C37H50N2O2/c1-4-5-6-7-8-9-10-11-12-13-14-15-16-17-18-19-20-21-22-25-37(40)39-31-32(29-33-24-23-28-38(33)2)35-30-34(41-3)26-27-36(35)39/h5-6,8-9,11-12,14-15,17-18,20-21,26-27,30-31,33H,4,7,10,13,16,19,22-25,28-29H2,1-3H3/b6-5-,9-8-,12-11-,15-14-,18-17-,21-20-/t33-/m1/s1. The maximum atomic E-state index is 13.2. The zero-order valence-electron chi connectivity index (χ0n) is 25.5. The number of allylic oxidation sites excluding steroid dienone is 12. The van der Waals surface area contributed by atoms with Crippen LogP contribution in [0.5, 0.6) is 5.75 Å². The first-order valence-corrected chi connectivity index (χ1v) is 15.4. The molecule has 1 aliphatic rings. The van der Waals surface area contributed by atoms with Crippen LogP contribution < -0.4 is 4.74 Å². The number of aromatic nitrogens is 1. The Labute approximate surface area is 248 Å². The van der Waals surface area contributed by atoms with Crippen molar-refractivity contribution in [1.29, 1.82) is 0 Å². The quantitative estimate of drug-likeness (QED) is 0.183. The Morgan fingerprint density at radius 3 is 2.00 bits per heavy atom. The minimum absolute atomic E-state index is 0.144. The highest BCUT2D eigenvalue weighted by molar-refractivity contribution is 5.95.